The molecule has 0 saturated heterocycles. The number of ether oxygens (including phenoxy) is 1. The quantitative estimate of drug-likeness (QED) is 0.863. The molecule has 0 spiro atoms. The van der Waals surface area contributed by atoms with Gasteiger partial charge in [-0.1, -0.05) is 23.7 Å². The van der Waals surface area contributed by atoms with Crippen molar-refractivity contribution in [1.82, 2.24) is 0 Å². The molecule has 0 fully saturated rings. The summed E-state index contributed by atoms with van der Waals surface area (Å²) in [6.45, 7) is 0.659. The van der Waals surface area contributed by atoms with Gasteiger partial charge in [0.2, 0.25) is 0 Å². The Balaban J connectivity index is 2.29. The van der Waals surface area contributed by atoms with Crippen LogP contribution in [-0.4, -0.2) is 6.61 Å². The molecular formula is C12H13ClFNO. The van der Waals surface area contributed by atoms with E-state index in [-0.39, 0.29) is 5.02 Å². The topological polar surface area (TPSA) is 35.2 Å². The van der Waals surface area contributed by atoms with Gasteiger partial charge in [-0.15, -0.1) is 0 Å². The fraction of sp³-hybridized carbons (Fsp3) is 0.333. The minimum absolute atomic E-state index is 0.0741. The summed E-state index contributed by atoms with van der Waals surface area (Å²) >= 11 is 5.87. The molecule has 1 aliphatic heterocycles. The Bertz CT molecular complexity index is 419. The highest BCUT2D eigenvalue weighted by atomic mass is 35.5. The van der Waals surface area contributed by atoms with Crippen LogP contribution in [0.2, 0.25) is 5.02 Å². The van der Waals surface area contributed by atoms with Gasteiger partial charge >= 0.3 is 0 Å². The van der Waals surface area contributed by atoms with Gasteiger partial charge in [0.05, 0.1) is 17.7 Å². The molecule has 1 heterocycles. The normalized spacial score (nSPS) is 17.6. The summed E-state index contributed by atoms with van der Waals surface area (Å²) in [7, 11) is 0. The zero-order valence-corrected chi connectivity index (χ0v) is 9.51. The van der Waals surface area contributed by atoms with Crippen LogP contribution < -0.4 is 5.73 Å². The Morgan fingerprint density at radius 2 is 2.25 bits per heavy atom. The van der Waals surface area contributed by atoms with E-state index in [9.17, 15) is 4.39 Å². The molecule has 1 atom stereocenters. The second-order valence-electron chi connectivity index (χ2n) is 3.72. The average molecular weight is 242 g/mol. The molecule has 2 N–H and O–H groups in total. The minimum Gasteiger partial charge on any atom is -0.496 e. The van der Waals surface area contributed by atoms with Gasteiger partial charge in [-0.05, 0) is 30.5 Å². The van der Waals surface area contributed by atoms with E-state index in [1.807, 2.05) is 6.08 Å². The molecule has 0 bridgehead atoms. The van der Waals surface area contributed by atoms with Gasteiger partial charge < -0.3 is 10.5 Å². The van der Waals surface area contributed by atoms with Gasteiger partial charge in [0.1, 0.15) is 11.6 Å². The van der Waals surface area contributed by atoms with Crippen molar-refractivity contribution in [3.63, 3.8) is 0 Å². The SMILES string of the molecule is NC(C1=CCCCO1)c1cccc(F)c1Cl. The number of benzene rings is 1. The molecule has 0 aliphatic carbocycles. The van der Waals surface area contributed by atoms with E-state index < -0.39 is 11.9 Å². The minimum atomic E-state index is -0.483. The van der Waals surface area contributed by atoms with Crippen LogP contribution in [0, 0.1) is 5.82 Å². The van der Waals surface area contributed by atoms with E-state index in [1.54, 1.807) is 12.1 Å². The Kier molecular flexibility index (Phi) is 3.46. The predicted octanol–water partition coefficient (Wildman–Crippen LogP) is 3.17. The number of hydrogen-bond donors (Lipinski definition) is 1. The summed E-state index contributed by atoms with van der Waals surface area (Å²) in [4.78, 5) is 0. The molecule has 16 heavy (non-hydrogen) atoms. The lowest BCUT2D eigenvalue weighted by molar-refractivity contribution is 0.176. The number of rotatable bonds is 2. The van der Waals surface area contributed by atoms with Gasteiger partial charge in [-0.2, -0.15) is 0 Å². The average Bonchev–Trinajstić information content (AvgIpc) is 2.33. The van der Waals surface area contributed by atoms with Crippen molar-refractivity contribution in [3.05, 3.63) is 46.4 Å². The van der Waals surface area contributed by atoms with Crippen molar-refractivity contribution in [2.75, 3.05) is 6.61 Å². The second-order valence-corrected chi connectivity index (χ2v) is 4.10. The molecule has 0 aromatic heterocycles. The van der Waals surface area contributed by atoms with Gasteiger partial charge in [-0.3, -0.25) is 0 Å². The van der Waals surface area contributed by atoms with E-state index >= 15 is 0 Å². The third-order valence-corrected chi connectivity index (χ3v) is 2.98. The molecular weight excluding hydrogens is 229 g/mol. The van der Waals surface area contributed by atoms with Crippen molar-refractivity contribution in [1.29, 1.82) is 0 Å². The van der Waals surface area contributed by atoms with Crippen molar-refractivity contribution in [2.45, 2.75) is 18.9 Å². The van der Waals surface area contributed by atoms with E-state index in [0.717, 1.165) is 12.8 Å². The molecule has 86 valence electrons. The van der Waals surface area contributed by atoms with Crippen LogP contribution in [0.15, 0.2) is 30.0 Å². The fourth-order valence-corrected chi connectivity index (χ4v) is 1.95. The summed E-state index contributed by atoms with van der Waals surface area (Å²) in [5, 5.41) is 0.0741. The van der Waals surface area contributed by atoms with Crippen LogP contribution in [0.25, 0.3) is 0 Å². The molecule has 2 nitrogen and oxygen atoms in total. The van der Waals surface area contributed by atoms with Gasteiger partial charge in [0, 0.05) is 0 Å². The molecule has 1 unspecified atom stereocenters. The lowest BCUT2D eigenvalue weighted by Gasteiger charge is -2.21. The molecule has 0 saturated carbocycles. The fourth-order valence-electron chi connectivity index (χ4n) is 1.71. The number of halogens is 2. The molecule has 0 amide bonds. The van der Waals surface area contributed by atoms with Crippen LogP contribution in [0.5, 0.6) is 0 Å². The number of allylic oxidation sites excluding steroid dienone is 1. The van der Waals surface area contributed by atoms with E-state index in [4.69, 9.17) is 22.1 Å². The summed E-state index contributed by atoms with van der Waals surface area (Å²) in [6.07, 6.45) is 3.87. The third kappa shape index (κ3) is 2.20. The number of hydrogen-bond acceptors (Lipinski definition) is 2. The Hall–Kier alpha value is -1.06. The molecule has 1 aromatic rings. The Labute approximate surface area is 98.8 Å². The van der Waals surface area contributed by atoms with Gasteiger partial charge in [0.25, 0.3) is 0 Å². The highest BCUT2D eigenvalue weighted by molar-refractivity contribution is 6.31. The number of nitrogens with two attached hydrogens (primary N) is 1. The van der Waals surface area contributed by atoms with Gasteiger partial charge in [-0.25, -0.2) is 4.39 Å². The maximum Gasteiger partial charge on any atom is 0.142 e. The Morgan fingerprint density at radius 3 is 2.94 bits per heavy atom. The summed E-state index contributed by atoms with van der Waals surface area (Å²) in [6, 6.07) is 4.15. The third-order valence-electron chi connectivity index (χ3n) is 2.59. The van der Waals surface area contributed by atoms with Crippen LogP contribution in [0.4, 0.5) is 4.39 Å². The molecule has 1 aliphatic rings. The van der Waals surface area contributed by atoms with Crippen molar-refractivity contribution in [3.8, 4) is 0 Å². The zero-order chi connectivity index (χ0) is 11.5. The first-order chi connectivity index (χ1) is 7.70. The maximum absolute atomic E-state index is 13.3. The van der Waals surface area contributed by atoms with E-state index in [1.165, 1.54) is 6.07 Å². The van der Waals surface area contributed by atoms with Crippen molar-refractivity contribution in [2.24, 2.45) is 5.73 Å². The van der Waals surface area contributed by atoms with Gasteiger partial charge in [0.15, 0.2) is 0 Å². The van der Waals surface area contributed by atoms with Crippen LogP contribution in [-0.2, 0) is 4.74 Å². The van der Waals surface area contributed by atoms with Crippen molar-refractivity contribution < 1.29 is 9.13 Å². The monoisotopic (exact) mass is 241 g/mol. The molecule has 2 rings (SSSR count). The first-order valence-electron chi connectivity index (χ1n) is 5.22. The van der Waals surface area contributed by atoms with Crippen molar-refractivity contribution >= 4 is 11.6 Å². The smallest absolute Gasteiger partial charge is 0.142 e. The highest BCUT2D eigenvalue weighted by Gasteiger charge is 2.19. The molecule has 1 aromatic carbocycles. The highest BCUT2D eigenvalue weighted by Crippen LogP contribution is 2.30. The van der Waals surface area contributed by atoms with Crippen LogP contribution >= 0.6 is 11.6 Å². The van der Waals surface area contributed by atoms with Crippen LogP contribution in [0.1, 0.15) is 24.4 Å². The Morgan fingerprint density at radius 1 is 1.44 bits per heavy atom. The summed E-state index contributed by atoms with van der Waals surface area (Å²) in [5.74, 6) is 0.227. The summed E-state index contributed by atoms with van der Waals surface area (Å²) < 4.78 is 18.7. The summed E-state index contributed by atoms with van der Waals surface area (Å²) in [5.41, 5.74) is 6.56. The standard InChI is InChI=1S/C12H13ClFNO/c13-11-8(4-3-5-9(11)14)12(15)10-6-1-2-7-16-10/h3-6,12H,1-2,7,15H2. The lowest BCUT2D eigenvalue weighted by atomic mass is 10.0. The largest absolute Gasteiger partial charge is 0.496 e. The first-order valence-corrected chi connectivity index (χ1v) is 5.60. The van der Waals surface area contributed by atoms with E-state index in [2.05, 4.69) is 0 Å². The molecule has 4 heteroatoms. The maximum atomic E-state index is 13.3. The second kappa shape index (κ2) is 4.85. The predicted molar refractivity (Wildman–Crippen MR) is 61.6 cm³/mol. The zero-order valence-electron chi connectivity index (χ0n) is 8.75. The van der Waals surface area contributed by atoms with Crippen LogP contribution in [0.3, 0.4) is 0 Å². The lowest BCUT2D eigenvalue weighted by Crippen LogP contribution is -2.18. The molecule has 0 radical (unpaired) electrons. The van der Waals surface area contributed by atoms with E-state index in [0.29, 0.717) is 17.9 Å². The first kappa shape index (κ1) is 11.4.